The molecule has 0 aliphatic heterocycles. The van der Waals surface area contributed by atoms with Crippen molar-refractivity contribution in [3.8, 4) is 44.5 Å². The van der Waals surface area contributed by atoms with Gasteiger partial charge in [0.1, 0.15) is 0 Å². The molecule has 296 valence electrons. The second-order valence-corrected chi connectivity index (χ2v) is 18.9. The molecule has 4 aliphatic carbocycles. The van der Waals surface area contributed by atoms with Gasteiger partial charge in [0.15, 0.2) is 0 Å². The largest absolute Gasteiger partial charge is 0.309 e. The van der Waals surface area contributed by atoms with Crippen LogP contribution in [0.5, 0.6) is 0 Å². The van der Waals surface area contributed by atoms with Crippen molar-refractivity contribution >= 4 is 48.6 Å². The summed E-state index contributed by atoms with van der Waals surface area (Å²) in [6.45, 7) is 0. The second kappa shape index (κ2) is 12.4. The first kappa shape index (κ1) is 34.8. The minimum atomic E-state index is -0.464. The normalized spacial score (nSPS) is 14.5. The van der Waals surface area contributed by atoms with Gasteiger partial charge >= 0.3 is 0 Å². The van der Waals surface area contributed by atoms with Crippen molar-refractivity contribution in [2.24, 2.45) is 0 Å². The van der Waals surface area contributed by atoms with E-state index in [0.29, 0.717) is 0 Å². The molecule has 11 aromatic rings. The van der Waals surface area contributed by atoms with E-state index in [-0.39, 0.29) is 0 Å². The highest BCUT2D eigenvalue weighted by Crippen LogP contribution is 2.66. The lowest BCUT2D eigenvalue weighted by Crippen LogP contribution is -2.26. The van der Waals surface area contributed by atoms with E-state index in [0.717, 1.165) is 5.69 Å². The molecule has 10 aromatic carbocycles. The van der Waals surface area contributed by atoms with E-state index in [1.165, 1.54) is 121 Å². The van der Waals surface area contributed by atoms with E-state index in [1.807, 2.05) is 11.3 Å². The fraction of sp³-hybridized carbons (Fsp3) is 0.0323. The summed E-state index contributed by atoms with van der Waals surface area (Å²) in [6.07, 6.45) is 0. The topological polar surface area (TPSA) is 3.24 Å². The molecule has 0 amide bonds. The van der Waals surface area contributed by atoms with Crippen LogP contribution in [-0.2, 0) is 10.8 Å². The zero-order valence-corrected chi connectivity index (χ0v) is 35.5. The van der Waals surface area contributed by atoms with Crippen molar-refractivity contribution in [1.82, 2.24) is 0 Å². The number of nitrogens with zero attached hydrogens (tertiary/aromatic N) is 1. The average Bonchev–Trinajstić information content (AvgIpc) is 4.13. The van der Waals surface area contributed by atoms with Crippen LogP contribution in [-0.4, -0.2) is 0 Å². The number of rotatable bonds is 3. The molecule has 2 spiro atoms. The van der Waals surface area contributed by atoms with Crippen LogP contribution in [0.3, 0.4) is 0 Å². The fourth-order valence-electron chi connectivity index (χ4n) is 12.9. The highest BCUT2D eigenvalue weighted by atomic mass is 32.1. The van der Waals surface area contributed by atoms with E-state index in [4.69, 9.17) is 0 Å². The third-order valence-corrected chi connectivity index (χ3v) is 16.2. The molecule has 0 bridgehead atoms. The second-order valence-electron chi connectivity index (χ2n) is 17.8. The molecule has 0 radical (unpaired) electrons. The van der Waals surface area contributed by atoms with Crippen molar-refractivity contribution in [2.45, 2.75) is 10.8 Å². The van der Waals surface area contributed by atoms with Crippen LogP contribution in [0.1, 0.15) is 44.5 Å². The Morgan fingerprint density at radius 3 is 1.28 bits per heavy atom. The molecule has 1 aromatic heterocycles. The van der Waals surface area contributed by atoms with Crippen LogP contribution in [0.4, 0.5) is 17.1 Å². The van der Waals surface area contributed by atoms with Gasteiger partial charge in [-0.15, -0.1) is 11.3 Å². The summed E-state index contributed by atoms with van der Waals surface area (Å²) < 4.78 is 2.59. The van der Waals surface area contributed by atoms with Crippen molar-refractivity contribution < 1.29 is 0 Å². The van der Waals surface area contributed by atoms with E-state index < -0.39 is 10.8 Å². The Bertz CT molecular complexity index is 3720. The first-order valence-corrected chi connectivity index (χ1v) is 23.2. The summed E-state index contributed by atoms with van der Waals surface area (Å²) in [5.41, 5.74) is 23.8. The lowest BCUT2D eigenvalue weighted by atomic mass is 9.70. The van der Waals surface area contributed by atoms with Crippen LogP contribution < -0.4 is 4.90 Å². The summed E-state index contributed by atoms with van der Waals surface area (Å²) in [7, 11) is 0. The number of fused-ring (bicyclic) bond motifs is 23. The summed E-state index contributed by atoms with van der Waals surface area (Å²) in [6, 6.07) is 85.2. The first-order chi connectivity index (χ1) is 31.8. The molecule has 0 fully saturated rings. The molecule has 0 N–H and O–H groups in total. The number of anilines is 3. The quantitative estimate of drug-likeness (QED) is 0.171. The molecule has 0 saturated heterocycles. The molecule has 0 atom stereocenters. The first-order valence-electron chi connectivity index (χ1n) is 22.3. The molecule has 4 aliphatic rings. The van der Waals surface area contributed by atoms with Crippen LogP contribution >= 0.6 is 11.3 Å². The van der Waals surface area contributed by atoms with Gasteiger partial charge in [0.05, 0.1) is 22.2 Å². The molecule has 0 unspecified atom stereocenters. The van der Waals surface area contributed by atoms with Crippen LogP contribution in [0.25, 0.3) is 64.7 Å². The predicted molar refractivity (Wildman–Crippen MR) is 267 cm³/mol. The standard InChI is InChI=1S/C62H37NS/c1-8-24-47-39(17-1)40-18-2-9-25-48(40)61(47)52-29-13-6-22-45(52)59-53(61)30-15-31-55(59)63(56-32-16-34-58-60(56)46-23-7-14-33-57(46)64-58)38-35-36-44-43-21-5-12-28-51(43)62(54(44)37-38)49-26-10-3-19-41(49)42-20-4-11-27-50(42)62/h1-37H. The smallest absolute Gasteiger partial charge is 0.0726 e. The van der Waals surface area contributed by atoms with Crippen molar-refractivity contribution in [2.75, 3.05) is 4.90 Å². The number of benzene rings is 10. The maximum atomic E-state index is 2.62. The van der Waals surface area contributed by atoms with Gasteiger partial charge in [0.2, 0.25) is 0 Å². The Balaban J connectivity index is 1.07. The summed E-state index contributed by atoms with van der Waals surface area (Å²) in [5, 5.41) is 2.57. The monoisotopic (exact) mass is 827 g/mol. The summed E-state index contributed by atoms with van der Waals surface area (Å²) >= 11 is 1.88. The Morgan fingerprint density at radius 1 is 0.297 bits per heavy atom. The van der Waals surface area contributed by atoms with Gasteiger partial charge in [0, 0.05) is 31.4 Å². The average molecular weight is 828 g/mol. The number of hydrogen-bond donors (Lipinski definition) is 0. The Kier molecular flexibility index (Phi) is 6.76. The number of hydrogen-bond acceptors (Lipinski definition) is 2. The van der Waals surface area contributed by atoms with Crippen LogP contribution in [0.2, 0.25) is 0 Å². The van der Waals surface area contributed by atoms with Gasteiger partial charge < -0.3 is 4.90 Å². The Labute approximate surface area is 375 Å². The van der Waals surface area contributed by atoms with Crippen molar-refractivity contribution in [1.29, 1.82) is 0 Å². The molecule has 1 heterocycles. The van der Waals surface area contributed by atoms with Gasteiger partial charge in [-0.25, -0.2) is 0 Å². The third-order valence-electron chi connectivity index (χ3n) is 15.1. The molecule has 15 rings (SSSR count). The van der Waals surface area contributed by atoms with Crippen molar-refractivity contribution in [3.63, 3.8) is 0 Å². The van der Waals surface area contributed by atoms with Crippen LogP contribution in [0, 0.1) is 0 Å². The van der Waals surface area contributed by atoms with Crippen molar-refractivity contribution in [3.05, 3.63) is 269 Å². The van der Waals surface area contributed by atoms with E-state index in [1.54, 1.807) is 0 Å². The van der Waals surface area contributed by atoms with Gasteiger partial charge in [-0.2, -0.15) is 0 Å². The highest BCUT2D eigenvalue weighted by molar-refractivity contribution is 7.26. The molecular formula is C62H37NS. The van der Waals surface area contributed by atoms with E-state index in [2.05, 4.69) is 229 Å². The molecule has 64 heavy (non-hydrogen) atoms. The Hall–Kier alpha value is -7.78. The minimum absolute atomic E-state index is 0.456. The van der Waals surface area contributed by atoms with Gasteiger partial charge in [0.25, 0.3) is 0 Å². The maximum absolute atomic E-state index is 2.62. The third kappa shape index (κ3) is 4.07. The molecule has 2 heteroatoms. The maximum Gasteiger partial charge on any atom is 0.0726 e. The zero-order valence-electron chi connectivity index (χ0n) is 34.7. The van der Waals surface area contributed by atoms with Gasteiger partial charge in [-0.1, -0.05) is 188 Å². The SMILES string of the molecule is c1ccc2c(c1)-c1ccccc1C21c2ccccc2-c2ccc(N(c3cccc4c3-c3ccccc3C43c4ccccc4-c4ccccc43)c3cccc4sc5ccccc5c34)cc21. The van der Waals surface area contributed by atoms with Gasteiger partial charge in [-0.05, 0) is 120 Å². The lowest BCUT2D eigenvalue weighted by molar-refractivity contribution is 0.793. The molecule has 1 nitrogen and oxygen atoms in total. The summed E-state index contributed by atoms with van der Waals surface area (Å²) in [5.74, 6) is 0. The molecule has 0 saturated carbocycles. The Morgan fingerprint density at radius 2 is 0.703 bits per heavy atom. The lowest BCUT2D eigenvalue weighted by Gasteiger charge is -2.33. The van der Waals surface area contributed by atoms with Crippen LogP contribution in [0.15, 0.2) is 224 Å². The molecular weight excluding hydrogens is 791 g/mol. The van der Waals surface area contributed by atoms with E-state index in [9.17, 15) is 0 Å². The van der Waals surface area contributed by atoms with E-state index >= 15 is 0 Å². The fourth-order valence-corrected chi connectivity index (χ4v) is 14.0. The number of thiophene rings is 1. The minimum Gasteiger partial charge on any atom is -0.309 e. The summed E-state index contributed by atoms with van der Waals surface area (Å²) in [4.78, 5) is 2.62. The highest BCUT2D eigenvalue weighted by Gasteiger charge is 2.54. The van der Waals surface area contributed by atoms with Gasteiger partial charge in [-0.3, -0.25) is 0 Å². The predicted octanol–water partition coefficient (Wildman–Crippen LogP) is 16.2. The zero-order chi connectivity index (χ0) is 41.7.